The standard InChI is InChI=1S/C27H53N3O/c1-21(2)26(28-17-22-10-9-13-24(16-22)29-20-31-5)18-30-15-14-25(27(3,4)19-30)23-11-7-6-8-12-23/h21-26,28-29H,6-20H2,1-5H3/t22?,24?,25?,26-/m0/s1. The van der Waals surface area contributed by atoms with Crippen molar-refractivity contribution in [2.45, 2.75) is 104 Å². The van der Waals surface area contributed by atoms with Gasteiger partial charge in [0.25, 0.3) is 0 Å². The fourth-order valence-electron chi connectivity index (χ4n) is 7.02. The zero-order valence-corrected chi connectivity index (χ0v) is 21.4. The second-order valence-corrected chi connectivity index (χ2v) is 12.1. The van der Waals surface area contributed by atoms with Crippen LogP contribution >= 0.6 is 0 Å². The van der Waals surface area contributed by atoms with Crippen LogP contribution in [0.25, 0.3) is 0 Å². The molecule has 3 unspecified atom stereocenters. The van der Waals surface area contributed by atoms with Crippen molar-refractivity contribution in [1.29, 1.82) is 0 Å². The third-order valence-corrected chi connectivity index (χ3v) is 8.84. The minimum atomic E-state index is 0.464. The number of methoxy groups -OCH3 is 1. The number of likely N-dealkylation sites (tertiary alicyclic amines) is 1. The zero-order chi connectivity index (χ0) is 22.3. The number of nitrogens with one attached hydrogen (secondary N) is 2. The Morgan fingerprint density at radius 2 is 1.77 bits per heavy atom. The summed E-state index contributed by atoms with van der Waals surface area (Å²) in [6.07, 6.45) is 14.1. The molecular weight excluding hydrogens is 382 g/mol. The van der Waals surface area contributed by atoms with Crippen LogP contribution in [0, 0.1) is 29.1 Å². The molecule has 4 atom stereocenters. The van der Waals surface area contributed by atoms with Gasteiger partial charge in [0.2, 0.25) is 0 Å². The molecule has 0 bridgehead atoms. The fourth-order valence-corrected chi connectivity index (χ4v) is 7.02. The third kappa shape index (κ3) is 7.69. The number of ether oxygens (including phenoxy) is 1. The molecule has 0 radical (unpaired) electrons. The van der Waals surface area contributed by atoms with E-state index in [4.69, 9.17) is 4.74 Å². The maximum absolute atomic E-state index is 5.22. The van der Waals surface area contributed by atoms with Crippen LogP contribution in [0.15, 0.2) is 0 Å². The summed E-state index contributed by atoms with van der Waals surface area (Å²) in [6, 6.07) is 1.24. The highest BCUT2D eigenvalue weighted by molar-refractivity contribution is 4.93. The van der Waals surface area contributed by atoms with E-state index >= 15 is 0 Å². The molecule has 2 N–H and O–H groups in total. The number of hydrogen-bond donors (Lipinski definition) is 2. The van der Waals surface area contributed by atoms with Gasteiger partial charge in [0.15, 0.2) is 0 Å². The topological polar surface area (TPSA) is 36.5 Å². The minimum absolute atomic E-state index is 0.464. The smallest absolute Gasteiger partial charge is 0.0963 e. The number of piperidine rings is 1. The van der Waals surface area contributed by atoms with Gasteiger partial charge in [-0.2, -0.15) is 0 Å². The Balaban J connectivity index is 1.46. The Morgan fingerprint density at radius 3 is 2.45 bits per heavy atom. The molecule has 0 aromatic heterocycles. The molecule has 31 heavy (non-hydrogen) atoms. The van der Waals surface area contributed by atoms with Crippen LogP contribution in [0.4, 0.5) is 0 Å². The fraction of sp³-hybridized carbons (Fsp3) is 1.00. The lowest BCUT2D eigenvalue weighted by Gasteiger charge is -2.49. The number of hydrogen-bond acceptors (Lipinski definition) is 4. The molecule has 1 saturated heterocycles. The Hall–Kier alpha value is -0.160. The summed E-state index contributed by atoms with van der Waals surface area (Å²) in [5.41, 5.74) is 0.464. The minimum Gasteiger partial charge on any atom is -0.370 e. The van der Waals surface area contributed by atoms with Crippen molar-refractivity contribution in [1.82, 2.24) is 15.5 Å². The summed E-state index contributed by atoms with van der Waals surface area (Å²) in [5.74, 6) is 3.42. The van der Waals surface area contributed by atoms with Crippen LogP contribution in [-0.4, -0.2) is 57.0 Å². The molecule has 1 aliphatic heterocycles. The highest BCUT2D eigenvalue weighted by Crippen LogP contribution is 2.44. The van der Waals surface area contributed by atoms with Crippen molar-refractivity contribution in [2.75, 3.05) is 40.0 Å². The summed E-state index contributed by atoms with van der Waals surface area (Å²) in [4.78, 5) is 2.79. The molecule has 0 aromatic carbocycles. The predicted molar refractivity (Wildman–Crippen MR) is 132 cm³/mol. The average Bonchev–Trinajstić information content (AvgIpc) is 2.75. The van der Waals surface area contributed by atoms with Gasteiger partial charge >= 0.3 is 0 Å². The SMILES string of the molecule is COCNC1CCCC(CN[C@@H](CN2CCC(C3CCCCC3)C(C)(C)C2)C(C)C)C1. The first-order valence-corrected chi connectivity index (χ1v) is 13.6. The number of nitrogens with zero attached hydrogens (tertiary/aromatic N) is 1. The Kier molecular flexibility index (Phi) is 10.1. The first-order valence-electron chi connectivity index (χ1n) is 13.6. The molecule has 0 spiro atoms. The monoisotopic (exact) mass is 435 g/mol. The van der Waals surface area contributed by atoms with Crippen LogP contribution in [0.3, 0.4) is 0 Å². The molecule has 3 aliphatic rings. The van der Waals surface area contributed by atoms with Gasteiger partial charge < -0.3 is 15.0 Å². The van der Waals surface area contributed by atoms with Gasteiger partial charge in [-0.3, -0.25) is 5.32 Å². The highest BCUT2D eigenvalue weighted by atomic mass is 16.5. The summed E-state index contributed by atoms with van der Waals surface area (Å²) in [7, 11) is 1.78. The van der Waals surface area contributed by atoms with E-state index < -0.39 is 0 Å². The molecule has 3 fully saturated rings. The molecule has 0 amide bonds. The lowest BCUT2D eigenvalue weighted by molar-refractivity contribution is 0.00426. The first kappa shape index (κ1) is 25.5. The molecular formula is C27H53N3O. The lowest BCUT2D eigenvalue weighted by atomic mass is 9.64. The van der Waals surface area contributed by atoms with Crippen molar-refractivity contribution < 1.29 is 4.74 Å². The van der Waals surface area contributed by atoms with E-state index in [1.165, 1.54) is 90.4 Å². The van der Waals surface area contributed by atoms with Crippen molar-refractivity contribution in [3.63, 3.8) is 0 Å². The largest absolute Gasteiger partial charge is 0.370 e. The van der Waals surface area contributed by atoms with Crippen LogP contribution < -0.4 is 10.6 Å². The van der Waals surface area contributed by atoms with Crippen LogP contribution in [0.2, 0.25) is 0 Å². The number of rotatable bonds is 10. The summed E-state index contributed by atoms with van der Waals surface area (Å²) >= 11 is 0. The third-order valence-electron chi connectivity index (χ3n) is 8.84. The Morgan fingerprint density at radius 1 is 1.00 bits per heavy atom. The van der Waals surface area contributed by atoms with E-state index in [2.05, 4.69) is 43.2 Å². The predicted octanol–water partition coefficient (Wildman–Crippen LogP) is 5.28. The zero-order valence-electron chi connectivity index (χ0n) is 21.4. The second-order valence-electron chi connectivity index (χ2n) is 12.1. The van der Waals surface area contributed by atoms with Crippen LogP contribution in [-0.2, 0) is 4.74 Å². The summed E-state index contributed by atoms with van der Waals surface area (Å²) in [6.45, 7) is 15.6. The van der Waals surface area contributed by atoms with E-state index in [1.807, 2.05) is 0 Å². The van der Waals surface area contributed by atoms with Gasteiger partial charge in [0.1, 0.15) is 0 Å². The second kappa shape index (κ2) is 12.3. The highest BCUT2D eigenvalue weighted by Gasteiger charge is 2.40. The van der Waals surface area contributed by atoms with Crippen molar-refractivity contribution in [3.05, 3.63) is 0 Å². The van der Waals surface area contributed by atoms with Gasteiger partial charge in [-0.25, -0.2) is 0 Å². The maximum Gasteiger partial charge on any atom is 0.0963 e. The van der Waals surface area contributed by atoms with E-state index in [9.17, 15) is 0 Å². The summed E-state index contributed by atoms with van der Waals surface area (Å²) in [5, 5.41) is 7.57. The van der Waals surface area contributed by atoms with Crippen molar-refractivity contribution in [2.24, 2.45) is 29.1 Å². The van der Waals surface area contributed by atoms with Crippen LogP contribution in [0.5, 0.6) is 0 Å². The molecule has 0 aromatic rings. The van der Waals surface area contributed by atoms with Gasteiger partial charge in [0.05, 0.1) is 6.73 Å². The summed E-state index contributed by atoms with van der Waals surface area (Å²) < 4.78 is 5.22. The maximum atomic E-state index is 5.22. The first-order chi connectivity index (χ1) is 14.9. The van der Waals surface area contributed by atoms with Crippen LogP contribution in [0.1, 0.15) is 91.9 Å². The van der Waals surface area contributed by atoms with Gasteiger partial charge in [-0.15, -0.1) is 0 Å². The molecule has 2 saturated carbocycles. The molecule has 4 nitrogen and oxygen atoms in total. The van der Waals surface area contributed by atoms with Gasteiger partial charge in [0, 0.05) is 32.3 Å². The van der Waals surface area contributed by atoms with Gasteiger partial charge in [-0.1, -0.05) is 66.2 Å². The quantitative estimate of drug-likeness (QED) is 0.458. The van der Waals surface area contributed by atoms with E-state index in [1.54, 1.807) is 7.11 Å². The molecule has 3 rings (SSSR count). The van der Waals surface area contributed by atoms with Crippen molar-refractivity contribution >= 4 is 0 Å². The van der Waals surface area contributed by atoms with E-state index in [-0.39, 0.29) is 0 Å². The van der Waals surface area contributed by atoms with Gasteiger partial charge in [-0.05, 0) is 67.9 Å². The molecule has 4 heteroatoms. The Bertz CT molecular complexity index is 503. The molecule has 1 heterocycles. The molecule has 2 aliphatic carbocycles. The average molecular weight is 436 g/mol. The normalized spacial score (nSPS) is 31.7. The Labute approximate surface area is 193 Å². The van der Waals surface area contributed by atoms with E-state index in [0.717, 1.165) is 17.8 Å². The lowest BCUT2D eigenvalue weighted by Crippen LogP contribution is -2.53. The molecule has 182 valence electrons. The van der Waals surface area contributed by atoms with Crippen molar-refractivity contribution in [3.8, 4) is 0 Å². The van der Waals surface area contributed by atoms with E-state index in [0.29, 0.717) is 30.1 Å².